The van der Waals surface area contributed by atoms with Gasteiger partial charge in [-0.2, -0.15) is 0 Å². The van der Waals surface area contributed by atoms with E-state index in [-0.39, 0.29) is 11.5 Å². The summed E-state index contributed by atoms with van der Waals surface area (Å²) >= 11 is 1.42. The Morgan fingerprint density at radius 3 is 2.86 bits per heavy atom. The van der Waals surface area contributed by atoms with Gasteiger partial charge in [0.05, 0.1) is 17.2 Å². The molecule has 1 aromatic carbocycles. The van der Waals surface area contributed by atoms with Crippen molar-refractivity contribution in [1.82, 2.24) is 4.98 Å². The van der Waals surface area contributed by atoms with Crippen molar-refractivity contribution in [2.45, 2.75) is 37.2 Å². The summed E-state index contributed by atoms with van der Waals surface area (Å²) < 4.78 is 27.3. The second-order valence-corrected chi connectivity index (χ2v) is 7.77. The van der Waals surface area contributed by atoms with Crippen LogP contribution < -0.4 is 4.72 Å². The Morgan fingerprint density at radius 2 is 2.10 bits per heavy atom. The number of nitrogens with one attached hydrogen (secondary N) is 1. The molecule has 0 bridgehead atoms. The second kappa shape index (κ2) is 5.75. The van der Waals surface area contributed by atoms with Gasteiger partial charge in [0.25, 0.3) is 10.0 Å². The van der Waals surface area contributed by atoms with Gasteiger partial charge in [0.15, 0.2) is 5.13 Å². The fourth-order valence-electron chi connectivity index (χ4n) is 2.38. The lowest BCUT2D eigenvalue weighted by Crippen LogP contribution is -2.13. The molecule has 7 heteroatoms. The predicted octanol–water partition coefficient (Wildman–Crippen LogP) is 2.32. The number of sulfonamides is 1. The van der Waals surface area contributed by atoms with Crippen molar-refractivity contribution >= 4 is 26.5 Å². The molecule has 21 heavy (non-hydrogen) atoms. The quantitative estimate of drug-likeness (QED) is 0.904. The summed E-state index contributed by atoms with van der Waals surface area (Å²) in [6.45, 7) is -0.186. The van der Waals surface area contributed by atoms with Gasteiger partial charge in [-0.25, -0.2) is 13.4 Å². The largest absolute Gasteiger partial charge is 0.392 e. The monoisotopic (exact) mass is 324 g/mol. The number of rotatable bonds is 4. The average molecular weight is 324 g/mol. The summed E-state index contributed by atoms with van der Waals surface area (Å²) in [6.07, 6.45) is 4.16. The molecule has 0 fully saturated rings. The molecule has 1 heterocycles. The molecule has 0 spiro atoms. The van der Waals surface area contributed by atoms with Crippen molar-refractivity contribution in [3.63, 3.8) is 0 Å². The highest BCUT2D eigenvalue weighted by molar-refractivity contribution is 7.93. The van der Waals surface area contributed by atoms with Crippen molar-refractivity contribution in [3.8, 4) is 0 Å². The number of aliphatic hydroxyl groups is 1. The van der Waals surface area contributed by atoms with E-state index in [0.717, 1.165) is 31.4 Å². The first-order valence-corrected chi connectivity index (χ1v) is 9.09. The third kappa shape index (κ3) is 3.09. The maximum Gasteiger partial charge on any atom is 0.263 e. The van der Waals surface area contributed by atoms with E-state index < -0.39 is 10.0 Å². The lowest BCUT2D eigenvalue weighted by molar-refractivity contribution is 0.281. The number of aromatic nitrogens is 1. The van der Waals surface area contributed by atoms with E-state index >= 15 is 0 Å². The van der Waals surface area contributed by atoms with Crippen LogP contribution in [-0.4, -0.2) is 18.5 Å². The molecular weight excluding hydrogens is 308 g/mol. The summed E-state index contributed by atoms with van der Waals surface area (Å²) in [6, 6.07) is 6.28. The minimum absolute atomic E-state index is 0.141. The fourth-order valence-corrected chi connectivity index (χ4v) is 4.74. The van der Waals surface area contributed by atoms with Crippen LogP contribution in [-0.2, 0) is 29.5 Å². The Morgan fingerprint density at radius 1 is 1.29 bits per heavy atom. The van der Waals surface area contributed by atoms with Crippen LogP contribution in [0.15, 0.2) is 29.2 Å². The standard InChI is InChI=1S/C14H16N2O3S2/c17-9-10-4-3-5-11(8-10)21(18,19)16-14-15-12-6-1-2-7-13(12)20-14/h3-5,8,17H,1-2,6-7,9H2,(H,15,16). The molecule has 0 radical (unpaired) electrons. The van der Waals surface area contributed by atoms with Gasteiger partial charge in [-0.05, 0) is 43.4 Å². The molecule has 1 aromatic heterocycles. The van der Waals surface area contributed by atoms with Gasteiger partial charge in [-0.3, -0.25) is 4.72 Å². The molecular formula is C14H16N2O3S2. The first-order valence-electron chi connectivity index (χ1n) is 6.80. The molecule has 0 unspecified atom stereocenters. The summed E-state index contributed by atoms with van der Waals surface area (Å²) in [5.41, 5.74) is 1.59. The molecule has 0 amide bonds. The molecule has 0 saturated carbocycles. The smallest absolute Gasteiger partial charge is 0.263 e. The minimum Gasteiger partial charge on any atom is -0.392 e. The van der Waals surface area contributed by atoms with Gasteiger partial charge in [-0.1, -0.05) is 12.1 Å². The number of fused-ring (bicyclic) bond motifs is 1. The van der Waals surface area contributed by atoms with E-state index in [1.54, 1.807) is 12.1 Å². The van der Waals surface area contributed by atoms with Gasteiger partial charge in [0.2, 0.25) is 0 Å². The molecule has 0 saturated heterocycles. The molecule has 0 atom stereocenters. The third-order valence-electron chi connectivity index (χ3n) is 3.46. The van der Waals surface area contributed by atoms with Crippen molar-refractivity contribution < 1.29 is 13.5 Å². The van der Waals surface area contributed by atoms with Crippen molar-refractivity contribution in [3.05, 3.63) is 40.4 Å². The fraction of sp³-hybridized carbons (Fsp3) is 0.357. The average Bonchev–Trinajstić information content (AvgIpc) is 2.88. The lowest BCUT2D eigenvalue weighted by atomic mass is 10.0. The zero-order valence-electron chi connectivity index (χ0n) is 11.4. The summed E-state index contributed by atoms with van der Waals surface area (Å²) in [4.78, 5) is 5.71. The Kier molecular flexibility index (Phi) is 3.97. The van der Waals surface area contributed by atoms with E-state index in [4.69, 9.17) is 5.11 Å². The van der Waals surface area contributed by atoms with E-state index in [2.05, 4.69) is 9.71 Å². The van der Waals surface area contributed by atoms with E-state index in [0.29, 0.717) is 10.7 Å². The Bertz CT molecular complexity index is 730. The second-order valence-electron chi connectivity index (χ2n) is 5.01. The van der Waals surface area contributed by atoms with Crippen LogP contribution in [0.4, 0.5) is 5.13 Å². The number of thiazole rings is 1. The molecule has 1 aliphatic rings. The van der Waals surface area contributed by atoms with Crippen molar-refractivity contribution in [2.75, 3.05) is 4.72 Å². The van der Waals surface area contributed by atoms with Crippen molar-refractivity contribution in [1.29, 1.82) is 0 Å². The van der Waals surface area contributed by atoms with Crippen LogP contribution in [0.2, 0.25) is 0 Å². The third-order valence-corrected chi connectivity index (χ3v) is 6.00. The topological polar surface area (TPSA) is 79.3 Å². The zero-order valence-corrected chi connectivity index (χ0v) is 13.0. The number of aryl methyl sites for hydroxylation is 2. The Hall–Kier alpha value is -1.44. The normalized spacial score (nSPS) is 14.7. The van der Waals surface area contributed by atoms with Gasteiger partial charge >= 0.3 is 0 Å². The molecule has 2 aromatic rings. The predicted molar refractivity (Wildman–Crippen MR) is 81.9 cm³/mol. The molecule has 3 rings (SSSR count). The highest BCUT2D eigenvalue weighted by Crippen LogP contribution is 2.30. The Labute approximate surface area is 127 Å². The molecule has 2 N–H and O–H groups in total. The van der Waals surface area contributed by atoms with Crippen LogP contribution in [0.25, 0.3) is 0 Å². The molecule has 112 valence electrons. The van der Waals surface area contributed by atoms with Gasteiger partial charge in [-0.15, -0.1) is 11.3 Å². The van der Waals surface area contributed by atoms with E-state index in [1.165, 1.54) is 28.3 Å². The minimum atomic E-state index is -3.66. The highest BCUT2D eigenvalue weighted by atomic mass is 32.2. The van der Waals surface area contributed by atoms with Gasteiger partial charge in [0.1, 0.15) is 0 Å². The number of benzene rings is 1. The van der Waals surface area contributed by atoms with E-state index in [1.807, 2.05) is 0 Å². The van der Waals surface area contributed by atoms with Crippen LogP contribution in [0, 0.1) is 0 Å². The van der Waals surface area contributed by atoms with Gasteiger partial charge < -0.3 is 5.11 Å². The Balaban J connectivity index is 1.87. The molecule has 1 aliphatic carbocycles. The number of nitrogens with zero attached hydrogens (tertiary/aromatic N) is 1. The van der Waals surface area contributed by atoms with Crippen LogP contribution in [0.3, 0.4) is 0 Å². The summed E-state index contributed by atoms with van der Waals surface area (Å²) in [7, 11) is -3.66. The van der Waals surface area contributed by atoms with Crippen LogP contribution >= 0.6 is 11.3 Å². The van der Waals surface area contributed by atoms with Crippen LogP contribution in [0.5, 0.6) is 0 Å². The SMILES string of the molecule is O=S(=O)(Nc1nc2c(s1)CCCC2)c1cccc(CO)c1. The summed E-state index contributed by atoms with van der Waals surface area (Å²) in [5, 5.41) is 9.53. The molecule has 5 nitrogen and oxygen atoms in total. The maximum absolute atomic E-state index is 12.4. The van der Waals surface area contributed by atoms with Crippen molar-refractivity contribution in [2.24, 2.45) is 0 Å². The maximum atomic E-state index is 12.4. The number of aliphatic hydroxyl groups excluding tert-OH is 1. The number of anilines is 1. The van der Waals surface area contributed by atoms with Crippen LogP contribution in [0.1, 0.15) is 29.0 Å². The van der Waals surface area contributed by atoms with Gasteiger partial charge in [0, 0.05) is 4.88 Å². The first-order chi connectivity index (χ1) is 10.1. The van der Waals surface area contributed by atoms with E-state index in [9.17, 15) is 8.42 Å². The first kappa shape index (κ1) is 14.5. The number of hydrogen-bond acceptors (Lipinski definition) is 5. The zero-order chi connectivity index (χ0) is 14.9. The lowest BCUT2D eigenvalue weighted by Gasteiger charge is -2.06. The summed E-state index contributed by atoms with van der Waals surface area (Å²) in [5.74, 6) is 0. The molecule has 0 aliphatic heterocycles. The highest BCUT2D eigenvalue weighted by Gasteiger charge is 2.20. The number of hydrogen-bond donors (Lipinski definition) is 2.